The van der Waals surface area contributed by atoms with E-state index in [1.165, 1.54) is 18.6 Å². The molecule has 16 heavy (non-hydrogen) atoms. The van der Waals surface area contributed by atoms with Gasteiger partial charge in [-0.15, -0.1) is 11.6 Å². The molecule has 1 aromatic carbocycles. The van der Waals surface area contributed by atoms with E-state index in [4.69, 9.17) is 16.0 Å². The van der Waals surface area contributed by atoms with Crippen LogP contribution in [0.5, 0.6) is 0 Å². The number of furan rings is 1. The Morgan fingerprint density at radius 1 is 1.19 bits per heavy atom. The second-order valence-electron chi connectivity index (χ2n) is 3.48. The number of rotatable bonds is 3. The first-order chi connectivity index (χ1) is 7.66. The van der Waals surface area contributed by atoms with Crippen LogP contribution in [0.4, 0.5) is 8.78 Å². The molecule has 1 atom stereocenters. The van der Waals surface area contributed by atoms with Crippen molar-refractivity contribution in [1.29, 1.82) is 0 Å². The molecule has 0 N–H and O–H groups in total. The van der Waals surface area contributed by atoms with Crippen LogP contribution < -0.4 is 0 Å². The number of hydrogen-bond donors (Lipinski definition) is 0. The molecule has 0 radical (unpaired) electrons. The quantitative estimate of drug-likeness (QED) is 0.739. The average Bonchev–Trinajstić information content (AvgIpc) is 2.77. The SMILES string of the molecule is Fc1ccc(CC(Cl)c2ccoc2)cc1F. The van der Waals surface area contributed by atoms with Crippen LogP contribution in [0.1, 0.15) is 16.5 Å². The number of halogens is 3. The van der Waals surface area contributed by atoms with Crippen LogP contribution in [0.3, 0.4) is 0 Å². The van der Waals surface area contributed by atoms with Crippen LogP contribution in [-0.4, -0.2) is 0 Å². The molecule has 2 aromatic rings. The molecule has 0 fully saturated rings. The molecule has 0 aliphatic carbocycles. The Morgan fingerprint density at radius 3 is 2.62 bits per heavy atom. The molecule has 1 heterocycles. The van der Waals surface area contributed by atoms with Gasteiger partial charge in [-0.1, -0.05) is 6.07 Å². The van der Waals surface area contributed by atoms with E-state index in [0.29, 0.717) is 12.0 Å². The molecule has 0 saturated carbocycles. The minimum atomic E-state index is -0.853. The van der Waals surface area contributed by atoms with Gasteiger partial charge in [-0.05, 0) is 30.2 Å². The molecule has 0 aliphatic rings. The molecule has 0 bridgehead atoms. The Labute approximate surface area is 96.6 Å². The molecule has 0 aliphatic heterocycles. The summed E-state index contributed by atoms with van der Waals surface area (Å²) in [5, 5.41) is -0.302. The van der Waals surface area contributed by atoms with E-state index in [-0.39, 0.29) is 5.38 Å². The third-order valence-corrected chi connectivity index (χ3v) is 2.71. The van der Waals surface area contributed by atoms with E-state index < -0.39 is 11.6 Å². The Hall–Kier alpha value is -1.35. The maximum absolute atomic E-state index is 12.9. The predicted molar refractivity (Wildman–Crippen MR) is 57.4 cm³/mol. The van der Waals surface area contributed by atoms with Crippen molar-refractivity contribution in [3.05, 3.63) is 59.6 Å². The second kappa shape index (κ2) is 4.66. The van der Waals surface area contributed by atoms with Gasteiger partial charge in [-0.25, -0.2) is 8.78 Å². The summed E-state index contributed by atoms with van der Waals surface area (Å²) >= 11 is 6.10. The van der Waals surface area contributed by atoms with E-state index in [0.717, 1.165) is 17.7 Å². The zero-order chi connectivity index (χ0) is 11.5. The van der Waals surface area contributed by atoms with Gasteiger partial charge in [-0.2, -0.15) is 0 Å². The minimum absolute atomic E-state index is 0.302. The normalized spacial score (nSPS) is 12.7. The van der Waals surface area contributed by atoms with Gasteiger partial charge < -0.3 is 4.42 Å². The first kappa shape index (κ1) is 11.1. The van der Waals surface area contributed by atoms with Crippen molar-refractivity contribution in [2.45, 2.75) is 11.8 Å². The Kier molecular flexibility index (Phi) is 3.25. The molecule has 0 saturated heterocycles. The van der Waals surface area contributed by atoms with Gasteiger partial charge in [0.05, 0.1) is 17.9 Å². The molecular formula is C12H9ClF2O. The van der Waals surface area contributed by atoms with Crippen molar-refractivity contribution in [2.24, 2.45) is 0 Å². The standard InChI is InChI=1S/C12H9ClF2O/c13-10(9-3-4-16-7-9)5-8-1-2-11(14)12(15)6-8/h1-4,6-7,10H,5H2. The zero-order valence-electron chi connectivity index (χ0n) is 8.29. The van der Waals surface area contributed by atoms with E-state index in [2.05, 4.69) is 0 Å². The van der Waals surface area contributed by atoms with Crippen LogP contribution in [0.15, 0.2) is 41.2 Å². The minimum Gasteiger partial charge on any atom is -0.472 e. The van der Waals surface area contributed by atoms with Gasteiger partial charge in [-0.3, -0.25) is 0 Å². The van der Waals surface area contributed by atoms with Crippen LogP contribution in [-0.2, 0) is 6.42 Å². The maximum atomic E-state index is 12.9. The van der Waals surface area contributed by atoms with Gasteiger partial charge in [0, 0.05) is 5.56 Å². The summed E-state index contributed by atoms with van der Waals surface area (Å²) in [7, 11) is 0. The van der Waals surface area contributed by atoms with E-state index >= 15 is 0 Å². The maximum Gasteiger partial charge on any atom is 0.159 e. The topological polar surface area (TPSA) is 13.1 Å². The average molecular weight is 243 g/mol. The lowest BCUT2D eigenvalue weighted by molar-refractivity contribution is 0.507. The summed E-state index contributed by atoms with van der Waals surface area (Å²) in [4.78, 5) is 0. The summed E-state index contributed by atoms with van der Waals surface area (Å²) in [6.07, 6.45) is 3.49. The van der Waals surface area contributed by atoms with Gasteiger partial charge in [0.25, 0.3) is 0 Å². The van der Waals surface area contributed by atoms with E-state index in [1.54, 1.807) is 6.07 Å². The van der Waals surface area contributed by atoms with Crippen LogP contribution >= 0.6 is 11.6 Å². The molecule has 0 amide bonds. The van der Waals surface area contributed by atoms with Crippen molar-refractivity contribution >= 4 is 11.6 Å². The summed E-state index contributed by atoms with van der Waals surface area (Å²) < 4.78 is 30.5. The molecule has 84 valence electrons. The van der Waals surface area contributed by atoms with Gasteiger partial charge >= 0.3 is 0 Å². The van der Waals surface area contributed by atoms with Crippen molar-refractivity contribution in [3.63, 3.8) is 0 Å². The highest BCUT2D eigenvalue weighted by Gasteiger charge is 2.11. The van der Waals surface area contributed by atoms with Crippen molar-refractivity contribution < 1.29 is 13.2 Å². The van der Waals surface area contributed by atoms with Gasteiger partial charge in [0.2, 0.25) is 0 Å². The molecule has 2 rings (SSSR count). The van der Waals surface area contributed by atoms with Crippen LogP contribution in [0, 0.1) is 11.6 Å². The van der Waals surface area contributed by atoms with Crippen molar-refractivity contribution in [2.75, 3.05) is 0 Å². The fourth-order valence-electron chi connectivity index (χ4n) is 1.44. The molecule has 1 unspecified atom stereocenters. The fourth-order valence-corrected chi connectivity index (χ4v) is 1.75. The molecule has 0 spiro atoms. The van der Waals surface area contributed by atoms with E-state index in [1.807, 2.05) is 0 Å². The fraction of sp³-hybridized carbons (Fsp3) is 0.167. The van der Waals surface area contributed by atoms with Crippen LogP contribution in [0.25, 0.3) is 0 Å². The highest BCUT2D eigenvalue weighted by atomic mass is 35.5. The Bertz CT molecular complexity index is 468. The molecule has 4 heteroatoms. The van der Waals surface area contributed by atoms with Gasteiger partial charge in [0.15, 0.2) is 11.6 Å². The lowest BCUT2D eigenvalue weighted by Gasteiger charge is -2.07. The van der Waals surface area contributed by atoms with E-state index in [9.17, 15) is 8.78 Å². The molecular weight excluding hydrogens is 234 g/mol. The lowest BCUT2D eigenvalue weighted by Crippen LogP contribution is -1.96. The molecule has 1 nitrogen and oxygen atoms in total. The largest absolute Gasteiger partial charge is 0.472 e. The van der Waals surface area contributed by atoms with Gasteiger partial charge in [0.1, 0.15) is 0 Å². The third kappa shape index (κ3) is 2.42. The second-order valence-corrected chi connectivity index (χ2v) is 4.00. The number of hydrogen-bond acceptors (Lipinski definition) is 1. The predicted octanol–water partition coefficient (Wildman–Crippen LogP) is 4.08. The smallest absolute Gasteiger partial charge is 0.159 e. The summed E-state index contributed by atoms with van der Waals surface area (Å²) in [6.45, 7) is 0. The molecule has 1 aromatic heterocycles. The number of alkyl halides is 1. The highest BCUT2D eigenvalue weighted by molar-refractivity contribution is 6.20. The lowest BCUT2D eigenvalue weighted by atomic mass is 10.1. The highest BCUT2D eigenvalue weighted by Crippen LogP contribution is 2.25. The first-order valence-electron chi connectivity index (χ1n) is 4.77. The van der Waals surface area contributed by atoms with Crippen LogP contribution in [0.2, 0.25) is 0 Å². The Morgan fingerprint density at radius 2 is 2.00 bits per heavy atom. The summed E-state index contributed by atoms with van der Waals surface area (Å²) in [6, 6.07) is 5.53. The summed E-state index contributed by atoms with van der Waals surface area (Å²) in [5.74, 6) is -1.70. The zero-order valence-corrected chi connectivity index (χ0v) is 9.05. The van der Waals surface area contributed by atoms with Crippen molar-refractivity contribution in [3.8, 4) is 0 Å². The third-order valence-electron chi connectivity index (χ3n) is 2.30. The van der Waals surface area contributed by atoms with Crippen molar-refractivity contribution in [1.82, 2.24) is 0 Å². The first-order valence-corrected chi connectivity index (χ1v) is 5.20. The summed E-state index contributed by atoms with van der Waals surface area (Å²) in [5.41, 5.74) is 1.48. The Balaban J connectivity index is 2.12. The number of benzene rings is 1. The monoisotopic (exact) mass is 242 g/mol.